The fourth-order valence-corrected chi connectivity index (χ4v) is 5.36. The number of ether oxygens (including phenoxy) is 2. The maximum Gasteiger partial charge on any atom is 0.351 e. The second kappa shape index (κ2) is 10.7. The molecule has 13 heteroatoms. The second-order valence-electron chi connectivity index (χ2n) is 8.20. The van der Waals surface area contributed by atoms with Crippen LogP contribution in [-0.2, 0) is 21.3 Å². The summed E-state index contributed by atoms with van der Waals surface area (Å²) in [4.78, 5) is 24.5. The van der Waals surface area contributed by atoms with Crippen molar-refractivity contribution in [3.63, 3.8) is 0 Å². The van der Waals surface area contributed by atoms with Gasteiger partial charge in [-0.1, -0.05) is 20.3 Å². The number of unbranched alkanes of at least 4 members (excludes halogenated alkanes) is 1. The van der Waals surface area contributed by atoms with Crippen LogP contribution in [0.5, 0.6) is 5.75 Å². The van der Waals surface area contributed by atoms with Crippen LogP contribution in [0.25, 0.3) is 22.6 Å². The molecule has 0 aliphatic carbocycles. The summed E-state index contributed by atoms with van der Waals surface area (Å²) in [6.07, 6.45) is 2.49. The third kappa shape index (κ3) is 5.03. The van der Waals surface area contributed by atoms with Crippen LogP contribution in [0.4, 0.5) is 5.82 Å². The Hall–Kier alpha value is -3.00. The lowest BCUT2D eigenvalue weighted by atomic mass is 10.2. The average Bonchev–Trinajstić information content (AvgIpc) is 3.31. The van der Waals surface area contributed by atoms with Gasteiger partial charge in [0.2, 0.25) is 10.0 Å². The van der Waals surface area contributed by atoms with Crippen molar-refractivity contribution < 1.29 is 17.9 Å². The lowest BCUT2D eigenvalue weighted by molar-refractivity contribution is 0.0730. The minimum Gasteiger partial charge on any atom is -0.493 e. The quantitative estimate of drug-likeness (QED) is 0.212. The highest BCUT2D eigenvalue weighted by atomic mass is 32.2. The molecule has 1 aromatic carbocycles. The van der Waals surface area contributed by atoms with Crippen LogP contribution in [0.2, 0.25) is 0 Å². The summed E-state index contributed by atoms with van der Waals surface area (Å²) in [6.45, 7) is 6.17. The van der Waals surface area contributed by atoms with Crippen molar-refractivity contribution in [3.8, 4) is 17.1 Å². The maximum absolute atomic E-state index is 13.3. The van der Waals surface area contributed by atoms with Gasteiger partial charge in [0, 0.05) is 19.6 Å². The van der Waals surface area contributed by atoms with Crippen molar-refractivity contribution in [2.45, 2.75) is 44.6 Å². The Morgan fingerprint density at radius 3 is 2.66 bits per heavy atom. The van der Waals surface area contributed by atoms with Crippen molar-refractivity contribution in [3.05, 3.63) is 28.7 Å². The normalized spacial score (nSPS) is 14.9. The molecule has 2 aromatic heterocycles. The second-order valence-corrected chi connectivity index (χ2v) is 10.1. The molecule has 4 N–H and O–H groups in total. The predicted molar refractivity (Wildman–Crippen MR) is 132 cm³/mol. The van der Waals surface area contributed by atoms with Crippen LogP contribution in [0.1, 0.15) is 33.1 Å². The zero-order chi connectivity index (χ0) is 25.0. The van der Waals surface area contributed by atoms with Gasteiger partial charge in [0.15, 0.2) is 11.5 Å². The highest BCUT2D eigenvalue weighted by molar-refractivity contribution is 7.89. The number of benzene rings is 1. The highest BCUT2D eigenvalue weighted by Gasteiger charge is 2.28. The van der Waals surface area contributed by atoms with E-state index < -0.39 is 15.7 Å². The number of rotatable bonds is 10. The van der Waals surface area contributed by atoms with E-state index in [1.165, 1.54) is 8.87 Å². The molecule has 3 aromatic rings. The van der Waals surface area contributed by atoms with Crippen LogP contribution in [0.15, 0.2) is 27.9 Å². The first-order chi connectivity index (χ1) is 16.9. The molecule has 0 bridgehead atoms. The summed E-state index contributed by atoms with van der Waals surface area (Å²) >= 11 is 0. The number of hydrazine groups is 1. The van der Waals surface area contributed by atoms with Crippen molar-refractivity contribution >= 4 is 27.0 Å². The molecule has 0 radical (unpaired) electrons. The molecular formula is C22H31N7O5S. The molecular weight excluding hydrogens is 474 g/mol. The number of morpholine rings is 1. The topological polar surface area (TPSA) is 157 Å². The fraction of sp³-hybridized carbons (Fsp3) is 0.500. The largest absolute Gasteiger partial charge is 0.493 e. The predicted octanol–water partition coefficient (Wildman–Crippen LogP) is 1.68. The Bertz CT molecular complexity index is 1350. The minimum atomic E-state index is -3.74. The van der Waals surface area contributed by atoms with E-state index in [0.717, 1.165) is 12.8 Å². The van der Waals surface area contributed by atoms with Crippen LogP contribution < -0.4 is 21.7 Å². The van der Waals surface area contributed by atoms with Crippen LogP contribution in [-0.4, -0.2) is 65.2 Å². The van der Waals surface area contributed by atoms with Gasteiger partial charge >= 0.3 is 5.69 Å². The number of hydrogen-bond acceptors (Lipinski definition) is 9. The Balaban J connectivity index is 1.87. The number of anilines is 1. The van der Waals surface area contributed by atoms with Crippen molar-refractivity contribution in [2.75, 3.05) is 38.3 Å². The Morgan fingerprint density at radius 1 is 1.20 bits per heavy atom. The Morgan fingerprint density at radius 2 is 1.97 bits per heavy atom. The van der Waals surface area contributed by atoms with Gasteiger partial charge in [-0.3, -0.25) is 4.57 Å². The lowest BCUT2D eigenvalue weighted by Crippen LogP contribution is -2.40. The van der Waals surface area contributed by atoms with E-state index in [1.54, 1.807) is 18.2 Å². The monoisotopic (exact) mass is 505 g/mol. The standard InChI is InChI=1S/C22H31N7O5S/c1-3-5-11-34-17-7-6-15(35(31,32)28-9-12-33-13-10-28)14-16(17)19-24-18-20(27-23)26-22(30)29(8-4-2)21(18)25-19/h6-7,14H,3-5,8-13,23H2,1-2H3,(H,24,25)(H,26,27,30). The highest BCUT2D eigenvalue weighted by Crippen LogP contribution is 2.34. The van der Waals surface area contributed by atoms with E-state index in [0.29, 0.717) is 61.1 Å². The van der Waals surface area contributed by atoms with Crippen LogP contribution >= 0.6 is 0 Å². The smallest absolute Gasteiger partial charge is 0.351 e. The molecule has 3 heterocycles. The summed E-state index contributed by atoms with van der Waals surface area (Å²) in [5.74, 6) is 6.59. The molecule has 1 aliphatic rings. The van der Waals surface area contributed by atoms with Gasteiger partial charge in [-0.05, 0) is 31.0 Å². The van der Waals surface area contributed by atoms with Gasteiger partial charge in [-0.15, -0.1) is 0 Å². The molecule has 0 atom stereocenters. The maximum atomic E-state index is 13.3. The fourth-order valence-electron chi connectivity index (χ4n) is 3.93. The molecule has 0 saturated carbocycles. The number of hydrogen-bond donors (Lipinski definition) is 3. The number of H-pyrrole nitrogens is 1. The number of sulfonamides is 1. The van der Waals surface area contributed by atoms with E-state index in [2.05, 4.69) is 27.3 Å². The number of fused-ring (bicyclic) bond motifs is 1. The molecule has 1 fully saturated rings. The summed E-state index contributed by atoms with van der Waals surface area (Å²) in [7, 11) is -3.74. The van der Waals surface area contributed by atoms with Crippen LogP contribution in [0, 0.1) is 0 Å². The van der Waals surface area contributed by atoms with Gasteiger partial charge in [0.1, 0.15) is 17.1 Å². The van der Waals surface area contributed by atoms with Crippen molar-refractivity contribution in [2.24, 2.45) is 5.84 Å². The molecule has 0 amide bonds. The minimum absolute atomic E-state index is 0.124. The molecule has 12 nitrogen and oxygen atoms in total. The third-order valence-corrected chi connectivity index (χ3v) is 7.66. The molecule has 0 spiro atoms. The van der Waals surface area contributed by atoms with Crippen molar-refractivity contribution in [1.29, 1.82) is 0 Å². The molecule has 1 aliphatic heterocycles. The molecule has 4 rings (SSSR count). The Labute approximate surface area is 203 Å². The van der Waals surface area contributed by atoms with Gasteiger partial charge in [0.05, 0.1) is 30.3 Å². The SMILES string of the molecule is CCCCOc1ccc(S(=O)(=O)N2CCOCC2)cc1-c1nc2c([nH]1)c(NN)nc(=O)n2CCC. The zero-order valence-electron chi connectivity index (χ0n) is 19.9. The molecule has 0 unspecified atom stereocenters. The van der Waals surface area contributed by atoms with Crippen LogP contribution in [0.3, 0.4) is 0 Å². The number of aryl methyl sites for hydroxylation is 1. The molecule has 1 saturated heterocycles. The number of imidazole rings is 1. The first-order valence-electron chi connectivity index (χ1n) is 11.7. The number of nitrogen functional groups attached to an aromatic ring is 1. The third-order valence-electron chi connectivity index (χ3n) is 5.77. The van der Waals surface area contributed by atoms with Gasteiger partial charge < -0.3 is 19.9 Å². The number of aromatic amines is 1. The zero-order valence-corrected chi connectivity index (χ0v) is 20.7. The summed E-state index contributed by atoms with van der Waals surface area (Å²) < 4.78 is 40.8. The lowest BCUT2D eigenvalue weighted by Gasteiger charge is -2.26. The van der Waals surface area contributed by atoms with E-state index in [4.69, 9.17) is 15.3 Å². The number of aromatic nitrogens is 4. The van der Waals surface area contributed by atoms with Gasteiger partial charge in [0.25, 0.3) is 0 Å². The number of nitrogens with one attached hydrogen (secondary N) is 2. The Kier molecular flexibility index (Phi) is 7.69. The van der Waals surface area contributed by atoms with E-state index in [1.807, 2.05) is 6.92 Å². The number of nitrogens with zero attached hydrogens (tertiary/aromatic N) is 4. The van der Waals surface area contributed by atoms with E-state index in [-0.39, 0.29) is 23.8 Å². The first kappa shape index (κ1) is 25.1. The molecule has 190 valence electrons. The number of nitrogens with two attached hydrogens (primary N) is 1. The summed E-state index contributed by atoms with van der Waals surface area (Å²) in [6, 6.07) is 4.74. The van der Waals surface area contributed by atoms with Gasteiger partial charge in [-0.25, -0.2) is 24.0 Å². The van der Waals surface area contributed by atoms with E-state index in [9.17, 15) is 13.2 Å². The van der Waals surface area contributed by atoms with Crippen molar-refractivity contribution in [1.82, 2.24) is 23.8 Å². The van der Waals surface area contributed by atoms with E-state index >= 15 is 0 Å². The average molecular weight is 506 g/mol. The first-order valence-corrected chi connectivity index (χ1v) is 13.2. The van der Waals surface area contributed by atoms with Gasteiger partial charge in [-0.2, -0.15) is 9.29 Å². The molecule has 35 heavy (non-hydrogen) atoms. The summed E-state index contributed by atoms with van der Waals surface area (Å²) in [5, 5.41) is 0. The summed E-state index contributed by atoms with van der Waals surface area (Å²) in [5.41, 5.74) is 3.24.